The molecular formula is C20H25N5O5. The van der Waals surface area contributed by atoms with Gasteiger partial charge in [-0.3, -0.25) is 28.5 Å². The van der Waals surface area contributed by atoms with Crippen molar-refractivity contribution in [3.05, 3.63) is 50.2 Å². The van der Waals surface area contributed by atoms with E-state index in [-0.39, 0.29) is 30.5 Å². The number of hydrogen-bond acceptors (Lipinski definition) is 8. The van der Waals surface area contributed by atoms with E-state index in [4.69, 9.17) is 15.2 Å². The first-order chi connectivity index (χ1) is 14.3. The van der Waals surface area contributed by atoms with E-state index >= 15 is 0 Å². The lowest BCUT2D eigenvalue weighted by Gasteiger charge is -2.34. The Morgan fingerprint density at radius 1 is 1.00 bits per heavy atom. The van der Waals surface area contributed by atoms with Crippen LogP contribution in [-0.4, -0.2) is 64.2 Å². The molecule has 30 heavy (non-hydrogen) atoms. The summed E-state index contributed by atoms with van der Waals surface area (Å²) in [6.45, 7) is 4.12. The third kappa shape index (κ3) is 3.71. The molecule has 1 aromatic carbocycles. The molecule has 0 aliphatic carbocycles. The van der Waals surface area contributed by atoms with Crippen LogP contribution in [0.1, 0.15) is 15.9 Å². The summed E-state index contributed by atoms with van der Waals surface area (Å²) in [4.78, 5) is 41.4. The van der Waals surface area contributed by atoms with E-state index in [1.165, 1.54) is 14.1 Å². The van der Waals surface area contributed by atoms with Gasteiger partial charge in [0.1, 0.15) is 11.4 Å². The van der Waals surface area contributed by atoms with Crippen LogP contribution in [0.25, 0.3) is 0 Å². The molecule has 0 amide bonds. The third-order valence-corrected chi connectivity index (χ3v) is 5.66. The first kappa shape index (κ1) is 20.2. The number of hydrogen-bond donors (Lipinski definition) is 1. The highest BCUT2D eigenvalue weighted by atomic mass is 16.7. The fraction of sp³-hybridized carbons (Fsp3) is 0.450. The second kappa shape index (κ2) is 7.96. The zero-order chi connectivity index (χ0) is 21.4. The number of nitrogens with two attached hydrogens (primary N) is 1. The average molecular weight is 415 g/mol. The van der Waals surface area contributed by atoms with E-state index in [0.717, 1.165) is 45.8 Å². The van der Waals surface area contributed by atoms with E-state index in [2.05, 4.69) is 4.90 Å². The van der Waals surface area contributed by atoms with Crippen LogP contribution in [0.4, 0.5) is 5.82 Å². The number of carbonyl (C=O) groups excluding carboxylic acids is 1. The third-order valence-electron chi connectivity index (χ3n) is 5.66. The van der Waals surface area contributed by atoms with Crippen LogP contribution >= 0.6 is 0 Å². The van der Waals surface area contributed by atoms with Crippen LogP contribution in [0.3, 0.4) is 0 Å². The van der Waals surface area contributed by atoms with Gasteiger partial charge in [-0.1, -0.05) is 6.07 Å². The number of ketones is 1. The van der Waals surface area contributed by atoms with Gasteiger partial charge < -0.3 is 15.2 Å². The number of benzene rings is 1. The zero-order valence-electron chi connectivity index (χ0n) is 17.1. The number of ether oxygens (including phenoxy) is 2. The summed E-state index contributed by atoms with van der Waals surface area (Å²) in [5.41, 5.74) is 5.71. The van der Waals surface area contributed by atoms with Gasteiger partial charge in [-0.25, -0.2) is 4.79 Å². The molecule has 0 spiro atoms. The molecule has 0 radical (unpaired) electrons. The number of anilines is 1. The monoisotopic (exact) mass is 415 g/mol. The molecule has 10 heteroatoms. The molecular weight excluding hydrogens is 390 g/mol. The average Bonchev–Trinajstić information content (AvgIpc) is 3.20. The number of piperazine rings is 1. The summed E-state index contributed by atoms with van der Waals surface area (Å²) in [5.74, 6) is 1.08. The maximum absolute atomic E-state index is 12.8. The standard InChI is InChI=1S/C20H25N5O5/c1-22-18(21)17(19(27)23(2)20(22)28)14(26)11-25-7-5-24(6-8-25)10-13-3-4-15-16(9-13)30-12-29-15/h3-4,9H,5-8,10-12,21H2,1-2H3. The lowest BCUT2D eigenvalue weighted by Crippen LogP contribution is -2.48. The maximum atomic E-state index is 12.8. The fourth-order valence-corrected chi connectivity index (χ4v) is 3.81. The van der Waals surface area contributed by atoms with Gasteiger partial charge in [0.25, 0.3) is 5.56 Å². The predicted octanol–water partition coefficient (Wildman–Crippen LogP) is -0.605. The van der Waals surface area contributed by atoms with E-state index in [1.54, 1.807) is 0 Å². The summed E-state index contributed by atoms with van der Waals surface area (Å²) >= 11 is 0. The summed E-state index contributed by atoms with van der Waals surface area (Å²) in [7, 11) is 2.79. The Morgan fingerprint density at radius 2 is 1.67 bits per heavy atom. The van der Waals surface area contributed by atoms with E-state index < -0.39 is 11.2 Å². The number of nitrogen functional groups attached to an aromatic ring is 1. The Morgan fingerprint density at radius 3 is 2.40 bits per heavy atom. The minimum absolute atomic E-state index is 0.0884. The van der Waals surface area contributed by atoms with Crippen LogP contribution < -0.4 is 26.5 Å². The van der Waals surface area contributed by atoms with Gasteiger partial charge in [-0.05, 0) is 17.7 Å². The van der Waals surface area contributed by atoms with Crippen LogP contribution in [-0.2, 0) is 20.6 Å². The van der Waals surface area contributed by atoms with E-state index in [1.807, 2.05) is 23.1 Å². The van der Waals surface area contributed by atoms with Crippen molar-refractivity contribution in [3.63, 3.8) is 0 Å². The SMILES string of the molecule is Cn1c(N)c(C(=O)CN2CCN(Cc3ccc4c(c3)OCO4)CC2)c(=O)n(C)c1=O. The summed E-state index contributed by atoms with van der Waals surface area (Å²) in [6, 6.07) is 5.95. The highest BCUT2D eigenvalue weighted by Gasteiger charge is 2.25. The van der Waals surface area contributed by atoms with Gasteiger partial charge in [0.15, 0.2) is 17.3 Å². The minimum Gasteiger partial charge on any atom is -0.454 e. The van der Waals surface area contributed by atoms with Crippen LogP contribution in [0.5, 0.6) is 11.5 Å². The topological polar surface area (TPSA) is 112 Å². The molecule has 0 bridgehead atoms. The smallest absolute Gasteiger partial charge is 0.332 e. The minimum atomic E-state index is -0.651. The second-order valence-corrected chi connectivity index (χ2v) is 7.63. The molecule has 2 aliphatic rings. The molecule has 1 saturated heterocycles. The maximum Gasteiger partial charge on any atom is 0.332 e. The Bertz CT molecular complexity index is 1100. The van der Waals surface area contributed by atoms with Crippen molar-refractivity contribution in [1.29, 1.82) is 0 Å². The number of aromatic nitrogens is 2. The van der Waals surface area contributed by atoms with Crippen molar-refractivity contribution < 1.29 is 14.3 Å². The normalized spacial score (nSPS) is 16.7. The molecule has 1 fully saturated rings. The van der Waals surface area contributed by atoms with Gasteiger partial charge in [0.2, 0.25) is 6.79 Å². The zero-order valence-corrected chi connectivity index (χ0v) is 17.1. The van der Waals surface area contributed by atoms with Crippen molar-refractivity contribution in [2.75, 3.05) is 45.3 Å². The van der Waals surface area contributed by atoms with Gasteiger partial charge in [-0.2, -0.15) is 0 Å². The second-order valence-electron chi connectivity index (χ2n) is 7.63. The van der Waals surface area contributed by atoms with Crippen molar-refractivity contribution in [3.8, 4) is 11.5 Å². The number of Topliss-reactive ketones (excluding diaryl/α,β-unsaturated/α-hetero) is 1. The molecule has 3 heterocycles. The van der Waals surface area contributed by atoms with E-state index in [0.29, 0.717) is 13.1 Å². The summed E-state index contributed by atoms with van der Waals surface area (Å²) in [6.07, 6.45) is 0. The first-order valence-electron chi connectivity index (χ1n) is 9.77. The van der Waals surface area contributed by atoms with Gasteiger partial charge in [0, 0.05) is 46.8 Å². The summed E-state index contributed by atoms with van der Waals surface area (Å²) in [5, 5.41) is 0. The van der Waals surface area contributed by atoms with Gasteiger partial charge in [0.05, 0.1) is 6.54 Å². The number of nitrogens with zero attached hydrogens (tertiary/aromatic N) is 4. The molecule has 160 valence electrons. The lowest BCUT2D eigenvalue weighted by atomic mass is 10.1. The molecule has 1 aromatic heterocycles. The Kier molecular flexibility index (Phi) is 5.35. The van der Waals surface area contributed by atoms with Crippen molar-refractivity contribution in [2.45, 2.75) is 6.54 Å². The van der Waals surface area contributed by atoms with E-state index in [9.17, 15) is 14.4 Å². The summed E-state index contributed by atoms with van der Waals surface area (Å²) < 4.78 is 12.8. The Labute approximate surface area is 173 Å². The number of fused-ring (bicyclic) bond motifs is 1. The van der Waals surface area contributed by atoms with Crippen LogP contribution in [0.15, 0.2) is 27.8 Å². The predicted molar refractivity (Wildman–Crippen MR) is 110 cm³/mol. The van der Waals surface area contributed by atoms with Gasteiger partial charge >= 0.3 is 5.69 Å². The number of rotatable bonds is 5. The van der Waals surface area contributed by atoms with Crippen LogP contribution in [0.2, 0.25) is 0 Å². The molecule has 2 aliphatic heterocycles. The Balaban J connectivity index is 1.37. The first-order valence-corrected chi connectivity index (χ1v) is 9.77. The van der Waals surface area contributed by atoms with Gasteiger partial charge in [-0.15, -0.1) is 0 Å². The largest absolute Gasteiger partial charge is 0.454 e. The molecule has 10 nitrogen and oxygen atoms in total. The van der Waals surface area contributed by atoms with Crippen molar-refractivity contribution >= 4 is 11.6 Å². The molecule has 2 N–H and O–H groups in total. The highest BCUT2D eigenvalue weighted by Crippen LogP contribution is 2.32. The van der Waals surface area contributed by atoms with Crippen LogP contribution in [0, 0.1) is 0 Å². The van der Waals surface area contributed by atoms with Crippen molar-refractivity contribution in [1.82, 2.24) is 18.9 Å². The number of carbonyl (C=O) groups is 1. The fourth-order valence-electron chi connectivity index (χ4n) is 3.81. The Hall–Kier alpha value is -3.11. The highest BCUT2D eigenvalue weighted by molar-refractivity contribution is 6.01. The molecule has 0 saturated carbocycles. The molecule has 0 unspecified atom stereocenters. The molecule has 0 atom stereocenters. The van der Waals surface area contributed by atoms with Crippen molar-refractivity contribution in [2.24, 2.45) is 14.1 Å². The lowest BCUT2D eigenvalue weighted by molar-refractivity contribution is 0.0842. The quantitative estimate of drug-likeness (QED) is 0.644. The molecule has 2 aromatic rings. The molecule has 4 rings (SSSR count).